The number of aromatic amines is 1. The molecule has 192 valence electrons. The minimum atomic E-state index is 0.137. The van der Waals surface area contributed by atoms with Crippen molar-refractivity contribution in [1.29, 1.82) is 0 Å². The van der Waals surface area contributed by atoms with E-state index in [1.807, 2.05) is 17.0 Å². The van der Waals surface area contributed by atoms with E-state index in [1.54, 1.807) is 0 Å². The molecular formula is C31H36N4O2. The normalized spacial score (nSPS) is 21.8. The second kappa shape index (κ2) is 10.6. The van der Waals surface area contributed by atoms with E-state index >= 15 is 0 Å². The number of likely N-dealkylation sites (tertiary alicyclic amines) is 1. The van der Waals surface area contributed by atoms with Crippen molar-refractivity contribution in [2.45, 2.75) is 39.2 Å². The number of carbonyl (C=O) groups is 1. The molecule has 1 atom stereocenters. The van der Waals surface area contributed by atoms with Gasteiger partial charge in [-0.2, -0.15) is 0 Å². The number of nitrogens with one attached hydrogen (secondary N) is 1. The molecular weight excluding hydrogens is 460 g/mol. The van der Waals surface area contributed by atoms with Gasteiger partial charge in [-0.1, -0.05) is 49.4 Å². The van der Waals surface area contributed by atoms with Crippen LogP contribution in [0.25, 0.3) is 17.0 Å². The van der Waals surface area contributed by atoms with Gasteiger partial charge in [0.2, 0.25) is 0 Å². The summed E-state index contributed by atoms with van der Waals surface area (Å²) in [5, 5.41) is 0. The van der Waals surface area contributed by atoms with Gasteiger partial charge in [0.15, 0.2) is 0 Å². The first-order chi connectivity index (χ1) is 18.1. The average Bonchev–Trinajstić information content (AvgIpc) is 3.30. The predicted octanol–water partition coefficient (Wildman–Crippen LogP) is 5.16. The number of aromatic nitrogens is 2. The lowest BCUT2D eigenvalue weighted by Crippen LogP contribution is -2.41. The van der Waals surface area contributed by atoms with Crippen molar-refractivity contribution in [3.63, 3.8) is 0 Å². The van der Waals surface area contributed by atoms with Gasteiger partial charge in [-0.15, -0.1) is 0 Å². The summed E-state index contributed by atoms with van der Waals surface area (Å²) in [6.45, 7) is 8.65. The molecule has 3 heterocycles. The van der Waals surface area contributed by atoms with Crippen LogP contribution in [0.4, 0.5) is 0 Å². The third-order valence-corrected chi connectivity index (χ3v) is 7.97. The van der Waals surface area contributed by atoms with Crippen LogP contribution in [0.15, 0.2) is 54.6 Å². The molecule has 6 rings (SSSR count). The van der Waals surface area contributed by atoms with Gasteiger partial charge in [-0.05, 0) is 54.9 Å². The molecule has 37 heavy (non-hydrogen) atoms. The van der Waals surface area contributed by atoms with E-state index < -0.39 is 0 Å². The fourth-order valence-corrected chi connectivity index (χ4v) is 5.41. The molecule has 0 spiro atoms. The third-order valence-electron chi connectivity index (χ3n) is 7.97. The molecule has 0 saturated carbocycles. The molecule has 6 heteroatoms. The average molecular weight is 497 g/mol. The number of nitrogens with zero attached hydrogens (tertiary/aromatic N) is 3. The van der Waals surface area contributed by atoms with Crippen LogP contribution in [0.3, 0.4) is 0 Å². The summed E-state index contributed by atoms with van der Waals surface area (Å²) < 4.78 is 5.48. The van der Waals surface area contributed by atoms with Crippen LogP contribution in [0.2, 0.25) is 0 Å². The lowest BCUT2D eigenvalue weighted by Gasteiger charge is -2.30. The van der Waals surface area contributed by atoms with Crippen molar-refractivity contribution < 1.29 is 9.53 Å². The van der Waals surface area contributed by atoms with E-state index in [1.165, 1.54) is 11.3 Å². The first kappa shape index (κ1) is 24.1. The Balaban J connectivity index is 1.26. The van der Waals surface area contributed by atoms with Crippen molar-refractivity contribution in [2.24, 2.45) is 5.92 Å². The standard InChI is InChI=1S/C31H36N4O2/c1-22-3-13-27(24-9-11-26(12-10-24)31(36)35-15-2-16-35)29-28(14-4-22)32-30(33-29)25-7-5-23(6-8-25)21-34-17-19-37-20-18-34/h5-13,22H,2-4,14-21H2,1H3,(H,32,33)/b27-13-/t22-/m1/s1. The van der Waals surface area contributed by atoms with Gasteiger partial charge in [0.25, 0.3) is 5.91 Å². The molecule has 3 aliphatic rings. The van der Waals surface area contributed by atoms with E-state index in [-0.39, 0.29) is 5.91 Å². The first-order valence-electron chi connectivity index (χ1n) is 13.7. The molecule has 6 nitrogen and oxygen atoms in total. The smallest absolute Gasteiger partial charge is 0.253 e. The van der Waals surface area contributed by atoms with E-state index in [9.17, 15) is 4.79 Å². The van der Waals surface area contributed by atoms with Crippen LogP contribution in [0.5, 0.6) is 0 Å². The molecule has 1 aromatic heterocycles. The molecule has 3 aromatic rings. The zero-order valence-corrected chi connectivity index (χ0v) is 21.7. The number of amides is 1. The Hall–Kier alpha value is -3.22. The second-order valence-electron chi connectivity index (χ2n) is 10.7. The quantitative estimate of drug-likeness (QED) is 0.530. The maximum absolute atomic E-state index is 12.6. The number of imidazole rings is 1. The van der Waals surface area contributed by atoms with Gasteiger partial charge in [-0.25, -0.2) is 4.98 Å². The highest BCUT2D eigenvalue weighted by Gasteiger charge is 2.23. The van der Waals surface area contributed by atoms with Crippen molar-refractivity contribution in [2.75, 3.05) is 39.4 Å². The van der Waals surface area contributed by atoms with Gasteiger partial charge in [-0.3, -0.25) is 9.69 Å². The van der Waals surface area contributed by atoms with Gasteiger partial charge in [0, 0.05) is 55.1 Å². The van der Waals surface area contributed by atoms with Crippen molar-refractivity contribution in [1.82, 2.24) is 19.8 Å². The Morgan fingerprint density at radius 3 is 2.43 bits per heavy atom. The highest BCUT2D eigenvalue weighted by atomic mass is 16.5. The highest BCUT2D eigenvalue weighted by molar-refractivity contribution is 5.95. The maximum Gasteiger partial charge on any atom is 0.253 e. The van der Waals surface area contributed by atoms with E-state index in [0.29, 0.717) is 5.92 Å². The van der Waals surface area contributed by atoms with Crippen LogP contribution >= 0.6 is 0 Å². The lowest BCUT2D eigenvalue weighted by atomic mass is 9.90. The minimum Gasteiger partial charge on any atom is -0.379 e. The number of hydrogen-bond acceptors (Lipinski definition) is 4. The van der Waals surface area contributed by atoms with Gasteiger partial charge < -0.3 is 14.6 Å². The lowest BCUT2D eigenvalue weighted by molar-refractivity contribution is 0.0342. The fourth-order valence-electron chi connectivity index (χ4n) is 5.41. The van der Waals surface area contributed by atoms with E-state index in [2.05, 4.69) is 59.3 Å². The van der Waals surface area contributed by atoms with Crippen molar-refractivity contribution in [3.05, 3.63) is 82.7 Å². The molecule has 0 bridgehead atoms. The molecule has 0 unspecified atom stereocenters. The Labute approximate surface area is 219 Å². The predicted molar refractivity (Wildman–Crippen MR) is 146 cm³/mol. The Bertz CT molecular complexity index is 1270. The molecule has 2 aliphatic heterocycles. The molecule has 1 N–H and O–H groups in total. The number of hydrogen-bond donors (Lipinski definition) is 1. The summed E-state index contributed by atoms with van der Waals surface area (Å²) in [6, 6.07) is 16.9. The summed E-state index contributed by atoms with van der Waals surface area (Å²) in [5.41, 5.74) is 7.72. The summed E-state index contributed by atoms with van der Waals surface area (Å²) in [6.07, 6.45) is 6.60. The van der Waals surface area contributed by atoms with Gasteiger partial charge >= 0.3 is 0 Å². The van der Waals surface area contributed by atoms with Crippen LogP contribution in [-0.2, 0) is 17.7 Å². The minimum absolute atomic E-state index is 0.137. The van der Waals surface area contributed by atoms with Crippen LogP contribution in [-0.4, -0.2) is 65.1 Å². The maximum atomic E-state index is 12.6. The molecule has 2 fully saturated rings. The van der Waals surface area contributed by atoms with E-state index in [4.69, 9.17) is 9.72 Å². The van der Waals surface area contributed by atoms with Crippen LogP contribution in [0, 0.1) is 5.92 Å². The number of carbonyl (C=O) groups excluding carboxylic acids is 1. The number of fused-ring (bicyclic) bond motifs is 1. The monoisotopic (exact) mass is 496 g/mol. The summed E-state index contributed by atoms with van der Waals surface area (Å²) >= 11 is 0. The number of aryl methyl sites for hydroxylation is 1. The SMILES string of the molecule is C[C@@H]1C/C=C(/c2ccc(C(=O)N3CCC3)cc2)c2nc(-c3ccc(CN4CCOCC4)cc3)[nH]c2CC1. The number of ether oxygens (including phenoxy) is 1. The summed E-state index contributed by atoms with van der Waals surface area (Å²) in [5.74, 6) is 1.67. The molecule has 1 amide bonds. The van der Waals surface area contributed by atoms with E-state index in [0.717, 1.165) is 105 Å². The highest BCUT2D eigenvalue weighted by Crippen LogP contribution is 2.33. The summed E-state index contributed by atoms with van der Waals surface area (Å²) in [7, 11) is 0. The number of rotatable bonds is 5. The largest absolute Gasteiger partial charge is 0.379 e. The van der Waals surface area contributed by atoms with Crippen LogP contribution < -0.4 is 0 Å². The van der Waals surface area contributed by atoms with Crippen molar-refractivity contribution in [3.8, 4) is 11.4 Å². The molecule has 2 saturated heterocycles. The molecule has 2 aromatic carbocycles. The third kappa shape index (κ3) is 5.27. The fraction of sp³-hybridized carbons (Fsp3) is 0.419. The van der Waals surface area contributed by atoms with Crippen molar-refractivity contribution >= 4 is 11.5 Å². The Kier molecular flexibility index (Phi) is 6.94. The summed E-state index contributed by atoms with van der Waals surface area (Å²) in [4.78, 5) is 25.8. The zero-order valence-electron chi connectivity index (χ0n) is 21.7. The Morgan fingerprint density at radius 1 is 1.00 bits per heavy atom. The second-order valence-corrected chi connectivity index (χ2v) is 10.7. The topological polar surface area (TPSA) is 61.5 Å². The van der Waals surface area contributed by atoms with Gasteiger partial charge in [0.1, 0.15) is 5.82 Å². The van der Waals surface area contributed by atoms with Crippen LogP contribution in [0.1, 0.15) is 59.1 Å². The number of H-pyrrole nitrogens is 1. The van der Waals surface area contributed by atoms with Gasteiger partial charge in [0.05, 0.1) is 18.9 Å². The molecule has 1 aliphatic carbocycles. The molecule has 0 radical (unpaired) electrons. The number of morpholine rings is 1. The number of allylic oxidation sites excluding steroid dienone is 1. The zero-order chi connectivity index (χ0) is 25.2. The number of benzene rings is 2. The Morgan fingerprint density at radius 2 is 1.73 bits per heavy atom. The first-order valence-corrected chi connectivity index (χ1v) is 13.7.